The number of pyridine rings is 1. The van der Waals surface area contributed by atoms with Gasteiger partial charge in [-0.15, -0.1) is 5.16 Å². The molecule has 0 amide bonds. The number of nitrogens with one attached hydrogen (secondary N) is 1. The van der Waals surface area contributed by atoms with Crippen molar-refractivity contribution in [3.8, 4) is 11.3 Å². The van der Waals surface area contributed by atoms with Gasteiger partial charge in [0.05, 0.1) is 34.6 Å². The second-order valence-electron chi connectivity index (χ2n) is 10.7. The molecule has 210 valence electrons. The molecule has 4 aromatic rings. The molecule has 2 N–H and O–H groups in total. The summed E-state index contributed by atoms with van der Waals surface area (Å²) in [6.07, 6.45) is 4.85. The summed E-state index contributed by atoms with van der Waals surface area (Å²) in [6.45, 7) is 7.60. The number of anilines is 2. The molecule has 8 nitrogen and oxygen atoms in total. The van der Waals surface area contributed by atoms with Gasteiger partial charge in [0.15, 0.2) is 5.43 Å². The van der Waals surface area contributed by atoms with Crippen LogP contribution in [0.2, 0.25) is 10.2 Å². The monoisotopic (exact) mass is 590 g/mol. The van der Waals surface area contributed by atoms with E-state index >= 15 is 0 Å². The van der Waals surface area contributed by atoms with Crippen LogP contribution in [-0.4, -0.2) is 36.4 Å². The molecule has 2 aliphatic heterocycles. The first-order valence-electron chi connectivity index (χ1n) is 13.7. The van der Waals surface area contributed by atoms with E-state index in [0.717, 1.165) is 37.1 Å². The first-order valence-corrected chi connectivity index (χ1v) is 14.4. The third-order valence-corrected chi connectivity index (χ3v) is 8.27. The van der Waals surface area contributed by atoms with Gasteiger partial charge in [0.25, 0.3) is 0 Å². The maximum Gasteiger partial charge on any atom is 0.585 e. The quantitative estimate of drug-likeness (QED) is 0.217. The number of piperidine rings is 1. The Balaban J connectivity index is 1.43. The number of aromatic nitrogens is 1. The third kappa shape index (κ3) is 5.18. The highest BCUT2D eigenvalue weighted by Gasteiger charge is 2.29. The van der Waals surface area contributed by atoms with E-state index in [0.29, 0.717) is 60.6 Å². The Kier molecular flexibility index (Phi) is 7.44. The zero-order valence-electron chi connectivity index (χ0n) is 23.0. The van der Waals surface area contributed by atoms with Gasteiger partial charge < -0.3 is 24.4 Å². The van der Waals surface area contributed by atoms with E-state index in [1.165, 1.54) is 12.6 Å². The van der Waals surface area contributed by atoms with Crippen molar-refractivity contribution in [3.63, 3.8) is 0 Å². The van der Waals surface area contributed by atoms with Gasteiger partial charge in [0.2, 0.25) is 5.88 Å². The average molecular weight is 591 g/mol. The highest BCUT2D eigenvalue weighted by atomic mass is 35.5. The number of hydrogen-bond donors (Lipinski definition) is 2. The van der Waals surface area contributed by atoms with Crippen LogP contribution in [0.25, 0.3) is 22.2 Å². The van der Waals surface area contributed by atoms with E-state index < -0.39 is 7.12 Å². The molecule has 0 aliphatic carbocycles. The first-order chi connectivity index (χ1) is 19.7. The molecule has 1 fully saturated rings. The Morgan fingerprint density at radius 3 is 2.66 bits per heavy atom. The summed E-state index contributed by atoms with van der Waals surface area (Å²) in [4.78, 5) is 20.3. The summed E-state index contributed by atoms with van der Waals surface area (Å²) < 4.78 is 11.5. The van der Waals surface area contributed by atoms with Gasteiger partial charge in [0, 0.05) is 34.7 Å². The lowest BCUT2D eigenvalue weighted by atomic mass is 9.75. The van der Waals surface area contributed by atoms with Crippen molar-refractivity contribution in [2.24, 2.45) is 5.16 Å². The molecule has 11 heteroatoms. The number of nitrogens with zero attached hydrogens (tertiary/aromatic N) is 3. The van der Waals surface area contributed by atoms with Gasteiger partial charge in [-0.25, -0.2) is 4.98 Å². The van der Waals surface area contributed by atoms with Crippen LogP contribution >= 0.6 is 23.2 Å². The van der Waals surface area contributed by atoms with Crippen molar-refractivity contribution in [1.82, 2.24) is 4.98 Å². The topological polar surface area (TPSA) is 100 Å². The summed E-state index contributed by atoms with van der Waals surface area (Å²) in [5.41, 5.74) is 6.09. The lowest BCUT2D eigenvalue weighted by Crippen LogP contribution is -2.38. The SMILES string of the molecule is Cc1cc([C@H](C)Nc2ccc(Cl)nc2-c2cc(Cl)c3c(c2)C=NOB3O)c2oc(N3CCCCC3)c(C)c(=O)c2c1. The van der Waals surface area contributed by atoms with Crippen LogP contribution < -0.4 is 21.1 Å². The van der Waals surface area contributed by atoms with Crippen molar-refractivity contribution in [3.05, 3.63) is 79.1 Å². The maximum absolute atomic E-state index is 13.5. The first kappa shape index (κ1) is 27.6. The van der Waals surface area contributed by atoms with E-state index in [2.05, 4.69) is 26.4 Å². The Labute approximate surface area is 248 Å². The van der Waals surface area contributed by atoms with Crippen molar-refractivity contribution >= 4 is 64.5 Å². The molecule has 2 aromatic heterocycles. The fourth-order valence-electron chi connectivity index (χ4n) is 5.70. The molecule has 0 radical (unpaired) electrons. The number of hydrogen-bond acceptors (Lipinski definition) is 8. The molecule has 1 atom stereocenters. The zero-order valence-corrected chi connectivity index (χ0v) is 24.5. The third-order valence-electron chi connectivity index (χ3n) is 7.74. The van der Waals surface area contributed by atoms with E-state index in [4.69, 9.17) is 32.4 Å². The molecular weight excluding hydrogens is 562 g/mol. The van der Waals surface area contributed by atoms with Gasteiger partial charge in [-0.3, -0.25) is 4.79 Å². The standard InChI is InChI=1S/C30H29BCl2N4O4/c1-16-11-21(29-22(12-16)28(38)17(2)30(40-29)37-9-5-4-6-10-37)18(3)35-24-7-8-25(33)36-27(24)19-13-20-15-34-41-31(39)26(20)23(32)14-19/h7-8,11-15,18,35,39H,4-6,9-10H2,1-3H3/t18-/m0/s1. The van der Waals surface area contributed by atoms with Gasteiger partial charge >= 0.3 is 7.12 Å². The predicted molar refractivity (Wildman–Crippen MR) is 166 cm³/mol. The van der Waals surface area contributed by atoms with Gasteiger partial charge in [-0.2, -0.15) is 0 Å². The normalized spacial score (nSPS) is 15.6. The molecular formula is C30H29BCl2N4O4. The van der Waals surface area contributed by atoms with Crippen LogP contribution in [0.3, 0.4) is 0 Å². The van der Waals surface area contributed by atoms with Crippen LogP contribution in [0.1, 0.15) is 54.5 Å². The maximum atomic E-state index is 13.5. The second-order valence-corrected chi connectivity index (χ2v) is 11.5. The number of oxime groups is 1. The van der Waals surface area contributed by atoms with Gasteiger partial charge in [0.1, 0.15) is 10.7 Å². The van der Waals surface area contributed by atoms with Crippen LogP contribution in [0, 0.1) is 13.8 Å². The molecule has 0 spiro atoms. The molecule has 0 saturated carbocycles. The second kappa shape index (κ2) is 11.0. The van der Waals surface area contributed by atoms with Crippen LogP contribution in [0.5, 0.6) is 0 Å². The molecule has 0 unspecified atom stereocenters. The Morgan fingerprint density at radius 1 is 1.10 bits per heavy atom. The van der Waals surface area contributed by atoms with Crippen molar-refractivity contribution in [1.29, 1.82) is 0 Å². The molecule has 41 heavy (non-hydrogen) atoms. The lowest BCUT2D eigenvalue weighted by Gasteiger charge is -2.29. The van der Waals surface area contributed by atoms with Crippen LogP contribution in [-0.2, 0) is 4.76 Å². The highest BCUT2D eigenvalue weighted by Crippen LogP contribution is 2.36. The summed E-state index contributed by atoms with van der Waals surface area (Å²) >= 11 is 12.9. The number of aryl methyl sites for hydroxylation is 1. The van der Waals surface area contributed by atoms with Crippen molar-refractivity contribution in [2.45, 2.75) is 46.1 Å². The minimum Gasteiger partial charge on any atom is -0.440 e. The summed E-state index contributed by atoms with van der Waals surface area (Å²) in [6, 6.07) is 10.8. The smallest absolute Gasteiger partial charge is 0.440 e. The van der Waals surface area contributed by atoms with Crippen LogP contribution in [0.15, 0.2) is 50.8 Å². The molecule has 2 aliphatic rings. The molecule has 6 rings (SSSR count). The number of halogens is 2. The highest BCUT2D eigenvalue weighted by molar-refractivity contribution is 6.65. The minimum absolute atomic E-state index is 0.00523. The Hall–Kier alpha value is -3.53. The number of fused-ring (bicyclic) bond motifs is 2. The number of rotatable bonds is 5. The zero-order chi connectivity index (χ0) is 28.8. The van der Waals surface area contributed by atoms with E-state index in [1.54, 1.807) is 12.1 Å². The average Bonchev–Trinajstić information content (AvgIpc) is 2.96. The largest absolute Gasteiger partial charge is 0.585 e. The predicted octanol–water partition coefficient (Wildman–Crippen LogP) is 5.99. The van der Waals surface area contributed by atoms with Crippen molar-refractivity contribution in [2.75, 3.05) is 23.3 Å². The molecule has 2 aromatic carbocycles. The van der Waals surface area contributed by atoms with Gasteiger partial charge in [-0.1, -0.05) is 29.3 Å². The van der Waals surface area contributed by atoms with E-state index in [-0.39, 0.29) is 11.5 Å². The number of benzene rings is 2. The van der Waals surface area contributed by atoms with Crippen molar-refractivity contribution < 1.29 is 14.2 Å². The Morgan fingerprint density at radius 2 is 1.88 bits per heavy atom. The van der Waals surface area contributed by atoms with Crippen LogP contribution in [0.4, 0.5) is 11.6 Å². The Bertz CT molecular complexity index is 1750. The lowest BCUT2D eigenvalue weighted by molar-refractivity contribution is 0.286. The summed E-state index contributed by atoms with van der Waals surface area (Å²) in [5, 5.41) is 18.7. The van der Waals surface area contributed by atoms with Gasteiger partial charge in [-0.05, 0) is 81.5 Å². The fourth-order valence-corrected chi connectivity index (χ4v) is 6.17. The molecule has 1 saturated heterocycles. The summed E-state index contributed by atoms with van der Waals surface area (Å²) in [7, 11) is -1.25. The summed E-state index contributed by atoms with van der Waals surface area (Å²) in [5.74, 6) is 0.657. The van der Waals surface area contributed by atoms with E-state index in [1.807, 2.05) is 39.0 Å². The molecule has 0 bridgehead atoms. The fraction of sp³-hybridized carbons (Fsp3) is 0.300. The molecule has 4 heterocycles. The van der Waals surface area contributed by atoms with E-state index in [9.17, 15) is 9.82 Å². The minimum atomic E-state index is -1.25.